The van der Waals surface area contributed by atoms with E-state index < -0.39 is 25.8 Å². The molecule has 138 valence electrons. The fourth-order valence-electron chi connectivity index (χ4n) is 2.50. The lowest BCUT2D eigenvalue weighted by atomic mass is 10.1. The Labute approximate surface area is 151 Å². The number of hydrogen-bond donors (Lipinski definition) is 1. The van der Waals surface area contributed by atoms with Crippen molar-refractivity contribution in [2.24, 2.45) is 4.40 Å². The number of sulfone groups is 1. The molecule has 3 rings (SSSR count). The van der Waals surface area contributed by atoms with Crippen molar-refractivity contribution in [2.45, 2.75) is 11.8 Å². The quantitative estimate of drug-likeness (QED) is 0.811. The highest BCUT2D eigenvalue weighted by Crippen LogP contribution is 2.20. The van der Waals surface area contributed by atoms with E-state index in [9.17, 15) is 21.6 Å². The van der Waals surface area contributed by atoms with Crippen LogP contribution in [-0.2, 0) is 24.7 Å². The largest absolute Gasteiger partial charge is 0.331 e. The Morgan fingerprint density at radius 3 is 2.62 bits per heavy atom. The van der Waals surface area contributed by atoms with E-state index in [1.807, 2.05) is 0 Å². The molecule has 0 radical (unpaired) electrons. The van der Waals surface area contributed by atoms with Crippen LogP contribution in [0.5, 0.6) is 0 Å². The number of nitrogens with zero attached hydrogens (tertiary/aromatic N) is 2. The molecular formula is C16H17N3O5S2. The molecular weight excluding hydrogens is 378 g/mol. The Morgan fingerprint density at radius 1 is 1.27 bits per heavy atom. The summed E-state index contributed by atoms with van der Waals surface area (Å²) in [5.41, 5.74) is 0.521. The molecule has 8 nitrogen and oxygen atoms in total. The van der Waals surface area contributed by atoms with E-state index in [1.54, 1.807) is 24.1 Å². The van der Waals surface area contributed by atoms with Crippen LogP contribution < -0.4 is 5.32 Å². The maximum atomic E-state index is 12.5. The van der Waals surface area contributed by atoms with Crippen molar-refractivity contribution in [3.8, 4) is 0 Å². The highest BCUT2D eigenvalue weighted by molar-refractivity contribution is 7.91. The number of benzene rings is 1. The molecule has 0 spiro atoms. The van der Waals surface area contributed by atoms with Gasteiger partial charge in [-0.15, -0.1) is 4.40 Å². The summed E-state index contributed by atoms with van der Waals surface area (Å²) in [6, 6.07) is 5.80. The second-order valence-corrected chi connectivity index (χ2v) is 9.73. The molecule has 1 aromatic rings. The van der Waals surface area contributed by atoms with Crippen LogP contribution in [0.3, 0.4) is 0 Å². The fraction of sp³-hybridized carbons (Fsp3) is 0.250. The number of fused-ring (bicyclic) bond motifs is 1. The lowest BCUT2D eigenvalue weighted by molar-refractivity contribution is -0.112. The van der Waals surface area contributed by atoms with Crippen LogP contribution >= 0.6 is 0 Å². The highest BCUT2D eigenvalue weighted by atomic mass is 32.2. The minimum atomic E-state index is -3.59. The molecule has 0 bridgehead atoms. The molecule has 10 heteroatoms. The van der Waals surface area contributed by atoms with Crippen LogP contribution in [0, 0.1) is 0 Å². The molecule has 0 saturated heterocycles. The normalized spacial score (nSPS) is 18.6. The predicted octanol–water partition coefficient (Wildman–Crippen LogP) is 0.916. The second-order valence-electron chi connectivity index (χ2n) is 5.70. The Bertz CT molecular complexity index is 1040. The molecule has 0 atom stereocenters. The number of allylic oxidation sites excluding steroid dienone is 2. The van der Waals surface area contributed by atoms with Crippen LogP contribution in [0.4, 0.5) is 5.69 Å². The molecule has 1 aromatic carbocycles. The molecule has 26 heavy (non-hydrogen) atoms. The van der Waals surface area contributed by atoms with E-state index >= 15 is 0 Å². The third kappa shape index (κ3) is 3.70. The van der Waals surface area contributed by atoms with Gasteiger partial charge in [0, 0.05) is 18.4 Å². The molecule has 0 saturated carbocycles. The number of carbonyl (C=O) groups is 1. The lowest BCUT2D eigenvalue weighted by Crippen LogP contribution is -2.40. The summed E-state index contributed by atoms with van der Waals surface area (Å²) < 4.78 is 50.8. The number of amidine groups is 1. The summed E-state index contributed by atoms with van der Waals surface area (Å²) in [5, 5.41) is 2.63. The van der Waals surface area contributed by atoms with Gasteiger partial charge < -0.3 is 10.2 Å². The van der Waals surface area contributed by atoms with Crippen molar-refractivity contribution in [1.82, 2.24) is 4.90 Å². The highest BCUT2D eigenvalue weighted by Gasteiger charge is 2.30. The summed E-state index contributed by atoms with van der Waals surface area (Å²) in [7, 11) is -6.91. The first-order valence-electron chi connectivity index (χ1n) is 7.84. The zero-order chi connectivity index (χ0) is 18.9. The summed E-state index contributed by atoms with van der Waals surface area (Å²) in [5.74, 6) is -0.562. The molecule has 0 aliphatic carbocycles. The van der Waals surface area contributed by atoms with Crippen LogP contribution in [0.25, 0.3) is 0 Å². The van der Waals surface area contributed by atoms with Gasteiger partial charge in [-0.1, -0.05) is 6.92 Å². The molecule has 2 heterocycles. The zero-order valence-electron chi connectivity index (χ0n) is 13.9. The van der Waals surface area contributed by atoms with Gasteiger partial charge in [-0.25, -0.2) is 16.8 Å². The van der Waals surface area contributed by atoms with E-state index in [0.29, 0.717) is 5.69 Å². The molecule has 1 N–H and O–H groups in total. The van der Waals surface area contributed by atoms with E-state index in [0.717, 1.165) is 0 Å². The average molecular weight is 395 g/mol. The Balaban J connectivity index is 1.83. The lowest BCUT2D eigenvalue weighted by Gasteiger charge is -2.28. The molecule has 0 unspecified atom stereocenters. The predicted molar refractivity (Wildman–Crippen MR) is 97.9 cm³/mol. The monoisotopic (exact) mass is 395 g/mol. The third-order valence-corrected chi connectivity index (χ3v) is 6.85. The third-order valence-electron chi connectivity index (χ3n) is 3.95. The number of sulfonamides is 1. The fourth-order valence-corrected chi connectivity index (χ4v) is 4.37. The van der Waals surface area contributed by atoms with Gasteiger partial charge in [0.2, 0.25) is 0 Å². The number of nitrogens with one attached hydrogen (secondary N) is 1. The first-order valence-corrected chi connectivity index (χ1v) is 11.1. The van der Waals surface area contributed by atoms with Gasteiger partial charge in [0.1, 0.15) is 0 Å². The molecule has 2 aliphatic rings. The van der Waals surface area contributed by atoms with Crippen LogP contribution in [0.2, 0.25) is 0 Å². The van der Waals surface area contributed by atoms with Gasteiger partial charge in [-0.3, -0.25) is 4.79 Å². The topological polar surface area (TPSA) is 113 Å². The maximum Gasteiger partial charge on any atom is 0.259 e. The minimum absolute atomic E-state index is 0.0118. The van der Waals surface area contributed by atoms with Crippen LogP contribution in [0.1, 0.15) is 6.92 Å². The van der Waals surface area contributed by atoms with E-state index in [4.69, 9.17) is 0 Å². The van der Waals surface area contributed by atoms with Gasteiger partial charge in [-0.05, 0) is 36.4 Å². The van der Waals surface area contributed by atoms with Gasteiger partial charge in [0.25, 0.3) is 15.9 Å². The minimum Gasteiger partial charge on any atom is -0.331 e. The van der Waals surface area contributed by atoms with E-state index in [1.165, 1.54) is 30.3 Å². The van der Waals surface area contributed by atoms with Crippen molar-refractivity contribution in [3.05, 3.63) is 48.2 Å². The summed E-state index contributed by atoms with van der Waals surface area (Å²) in [6.07, 6.45) is 4.79. The first-order chi connectivity index (χ1) is 12.2. The maximum absolute atomic E-state index is 12.5. The van der Waals surface area contributed by atoms with Gasteiger partial charge >= 0.3 is 0 Å². The molecule has 0 aromatic heterocycles. The smallest absolute Gasteiger partial charge is 0.259 e. The zero-order valence-corrected chi connectivity index (χ0v) is 15.5. The summed E-state index contributed by atoms with van der Waals surface area (Å²) >= 11 is 0. The molecule has 2 aliphatic heterocycles. The Kier molecular flexibility index (Phi) is 4.72. The van der Waals surface area contributed by atoms with Crippen molar-refractivity contribution in [1.29, 1.82) is 0 Å². The van der Waals surface area contributed by atoms with Gasteiger partial charge in [-0.2, -0.15) is 0 Å². The standard InChI is InChI=1S/C16H17N3O5S2/c1-2-25(21,22)13-7-5-12(6-8-13)17-16(20)14-4-3-9-19-10-11-26(23,24)18-15(14)19/h3-9H,2,10-11H2,1H3,(H,17,20). The van der Waals surface area contributed by atoms with Crippen LogP contribution in [-0.4, -0.2) is 51.5 Å². The Hall–Kier alpha value is -2.46. The van der Waals surface area contributed by atoms with Crippen molar-refractivity contribution >= 4 is 37.3 Å². The van der Waals surface area contributed by atoms with Gasteiger partial charge in [0.15, 0.2) is 15.7 Å². The number of anilines is 1. The van der Waals surface area contributed by atoms with E-state index in [-0.39, 0.29) is 34.4 Å². The number of carbonyl (C=O) groups excluding carboxylic acids is 1. The Morgan fingerprint density at radius 2 is 1.96 bits per heavy atom. The SMILES string of the molecule is CCS(=O)(=O)c1ccc(NC(=O)C2=CC=CN3CCS(=O)(=O)N=C23)cc1. The average Bonchev–Trinajstić information content (AvgIpc) is 2.61. The summed E-state index contributed by atoms with van der Waals surface area (Å²) in [6.45, 7) is 1.78. The van der Waals surface area contributed by atoms with Crippen molar-refractivity contribution in [2.75, 3.05) is 23.4 Å². The number of amides is 1. The second kappa shape index (κ2) is 6.69. The summed E-state index contributed by atoms with van der Waals surface area (Å²) in [4.78, 5) is 14.3. The number of hydrogen-bond acceptors (Lipinski definition) is 6. The van der Waals surface area contributed by atoms with Crippen molar-refractivity contribution in [3.63, 3.8) is 0 Å². The van der Waals surface area contributed by atoms with Crippen LogP contribution in [0.15, 0.2) is 57.5 Å². The molecule has 0 fully saturated rings. The number of rotatable bonds is 4. The van der Waals surface area contributed by atoms with E-state index in [2.05, 4.69) is 9.71 Å². The molecule has 1 amide bonds. The first kappa shape index (κ1) is 18.3. The van der Waals surface area contributed by atoms with Crippen molar-refractivity contribution < 1.29 is 21.6 Å². The van der Waals surface area contributed by atoms with Gasteiger partial charge in [0.05, 0.1) is 22.0 Å².